The molecule has 2 aromatic heterocycles. The van der Waals surface area contributed by atoms with E-state index in [2.05, 4.69) is 16.3 Å². The largest absolute Gasteiger partial charge is 0.365 e. The fraction of sp³-hybridized carbons (Fsp3) is 0.278. The van der Waals surface area contributed by atoms with Crippen molar-refractivity contribution in [1.29, 1.82) is 5.26 Å². The molecule has 1 aliphatic heterocycles. The van der Waals surface area contributed by atoms with Crippen LogP contribution < -0.4 is 4.90 Å². The van der Waals surface area contributed by atoms with Gasteiger partial charge in [-0.25, -0.2) is 0 Å². The molecule has 1 aromatic carbocycles. The summed E-state index contributed by atoms with van der Waals surface area (Å²) < 4.78 is 1.97. The van der Waals surface area contributed by atoms with Crippen LogP contribution in [0.25, 0.3) is 5.65 Å². The summed E-state index contributed by atoms with van der Waals surface area (Å²) in [5.41, 5.74) is 1.72. The number of nitriles is 1. The Hall–Kier alpha value is -3.47. The summed E-state index contributed by atoms with van der Waals surface area (Å²) in [5, 5.41) is 29.1. The highest BCUT2D eigenvalue weighted by Gasteiger charge is 2.29. The van der Waals surface area contributed by atoms with E-state index >= 15 is 0 Å². The molecule has 1 unspecified atom stereocenters. The van der Waals surface area contributed by atoms with E-state index in [4.69, 9.17) is 5.26 Å². The Morgan fingerprint density at radius 1 is 1.27 bits per heavy atom. The number of benzene rings is 1. The van der Waals surface area contributed by atoms with Gasteiger partial charge < -0.3 is 4.90 Å². The van der Waals surface area contributed by atoms with Crippen LogP contribution in [0.2, 0.25) is 0 Å². The van der Waals surface area contributed by atoms with Crippen LogP contribution >= 0.6 is 0 Å². The number of hydrogen-bond donors (Lipinski definition) is 0. The van der Waals surface area contributed by atoms with Gasteiger partial charge in [0.25, 0.3) is 5.69 Å². The van der Waals surface area contributed by atoms with Gasteiger partial charge in [0.1, 0.15) is 11.5 Å². The number of nitro benzene ring substituents is 1. The van der Waals surface area contributed by atoms with E-state index in [1.54, 1.807) is 6.07 Å². The molecular weight excluding hydrogens is 332 g/mol. The zero-order chi connectivity index (χ0) is 18.1. The number of fused-ring (bicyclic) bond motifs is 1. The molecule has 3 aromatic rings. The Bertz CT molecular complexity index is 1020. The normalized spacial score (nSPS) is 17.2. The zero-order valence-electron chi connectivity index (χ0n) is 13.9. The fourth-order valence-corrected chi connectivity index (χ4v) is 3.55. The molecule has 3 heterocycles. The van der Waals surface area contributed by atoms with Crippen LogP contribution in [0.15, 0.2) is 42.6 Å². The number of rotatable bonds is 3. The van der Waals surface area contributed by atoms with E-state index in [9.17, 15) is 10.1 Å². The lowest BCUT2D eigenvalue weighted by molar-refractivity contribution is -0.384. The minimum atomic E-state index is -0.396. The lowest BCUT2D eigenvalue weighted by atomic mass is 9.96. The van der Waals surface area contributed by atoms with Gasteiger partial charge in [-0.3, -0.25) is 14.5 Å². The number of nitro groups is 1. The van der Waals surface area contributed by atoms with Crippen LogP contribution in [0.5, 0.6) is 0 Å². The van der Waals surface area contributed by atoms with Crippen molar-refractivity contribution in [2.75, 3.05) is 18.0 Å². The SMILES string of the molecule is N#Cc1ccc([N+](=O)[O-])c(N2CCCC(c3nnc4ccccn34)C2)c1. The van der Waals surface area contributed by atoms with Gasteiger partial charge in [-0.2, -0.15) is 5.26 Å². The first-order valence-electron chi connectivity index (χ1n) is 8.40. The molecule has 1 fully saturated rings. The van der Waals surface area contributed by atoms with Crippen molar-refractivity contribution >= 4 is 17.0 Å². The molecule has 0 amide bonds. The van der Waals surface area contributed by atoms with Crippen molar-refractivity contribution in [2.45, 2.75) is 18.8 Å². The summed E-state index contributed by atoms with van der Waals surface area (Å²) in [6.07, 6.45) is 3.76. The summed E-state index contributed by atoms with van der Waals surface area (Å²) >= 11 is 0. The predicted octanol–water partition coefficient (Wildman–Crippen LogP) is 2.89. The maximum Gasteiger partial charge on any atom is 0.292 e. The highest BCUT2D eigenvalue weighted by Crippen LogP contribution is 2.35. The highest BCUT2D eigenvalue weighted by molar-refractivity contribution is 5.66. The first-order chi connectivity index (χ1) is 12.7. The van der Waals surface area contributed by atoms with Crippen LogP contribution in [0.1, 0.15) is 30.1 Å². The third-order valence-corrected chi connectivity index (χ3v) is 4.77. The molecule has 4 rings (SSSR count). The molecule has 130 valence electrons. The molecule has 8 heteroatoms. The minimum Gasteiger partial charge on any atom is -0.365 e. The van der Waals surface area contributed by atoms with Gasteiger partial charge >= 0.3 is 0 Å². The Morgan fingerprint density at radius 3 is 2.96 bits per heavy atom. The summed E-state index contributed by atoms with van der Waals surface area (Å²) in [7, 11) is 0. The van der Waals surface area contributed by atoms with Gasteiger partial charge in [-0.15, -0.1) is 10.2 Å². The standard InChI is InChI=1S/C18H16N6O2/c19-11-13-6-7-15(24(25)26)16(10-13)22-8-3-4-14(12-22)18-21-20-17-5-1-2-9-23(17)18/h1-2,5-7,9-10,14H,3-4,8,12H2. The Balaban J connectivity index is 1.69. The monoisotopic (exact) mass is 348 g/mol. The van der Waals surface area contributed by atoms with E-state index in [0.717, 1.165) is 24.3 Å². The summed E-state index contributed by atoms with van der Waals surface area (Å²) in [5.74, 6) is 0.982. The molecule has 0 bridgehead atoms. The van der Waals surface area contributed by atoms with Crippen molar-refractivity contribution < 1.29 is 4.92 Å². The lowest BCUT2D eigenvalue weighted by Gasteiger charge is -2.33. The van der Waals surface area contributed by atoms with Crippen molar-refractivity contribution in [3.63, 3.8) is 0 Å². The van der Waals surface area contributed by atoms with Crippen molar-refractivity contribution in [2.24, 2.45) is 0 Å². The highest BCUT2D eigenvalue weighted by atomic mass is 16.6. The summed E-state index contributed by atoms with van der Waals surface area (Å²) in [4.78, 5) is 13.0. The Kier molecular flexibility index (Phi) is 3.97. The molecule has 0 N–H and O–H groups in total. The number of piperidine rings is 1. The smallest absolute Gasteiger partial charge is 0.292 e. The molecule has 0 aliphatic carbocycles. The van der Waals surface area contributed by atoms with Crippen molar-refractivity contribution in [3.8, 4) is 6.07 Å². The number of pyridine rings is 1. The van der Waals surface area contributed by atoms with Crippen LogP contribution in [0.4, 0.5) is 11.4 Å². The Morgan fingerprint density at radius 2 is 2.15 bits per heavy atom. The van der Waals surface area contributed by atoms with Gasteiger partial charge in [0, 0.05) is 31.3 Å². The van der Waals surface area contributed by atoms with E-state index in [1.807, 2.05) is 33.7 Å². The lowest BCUT2D eigenvalue weighted by Crippen LogP contribution is -2.35. The van der Waals surface area contributed by atoms with Gasteiger partial charge in [0.05, 0.1) is 16.6 Å². The zero-order valence-corrected chi connectivity index (χ0v) is 13.9. The second-order valence-corrected chi connectivity index (χ2v) is 6.34. The molecule has 1 aliphatic rings. The maximum absolute atomic E-state index is 11.4. The van der Waals surface area contributed by atoms with Crippen LogP contribution in [0.3, 0.4) is 0 Å². The quantitative estimate of drug-likeness (QED) is 0.533. The Labute approximate surface area is 149 Å². The van der Waals surface area contributed by atoms with Crippen LogP contribution in [-0.4, -0.2) is 32.6 Å². The van der Waals surface area contributed by atoms with Crippen LogP contribution in [-0.2, 0) is 0 Å². The number of nitrogens with zero attached hydrogens (tertiary/aromatic N) is 6. The predicted molar refractivity (Wildman–Crippen MR) is 95.0 cm³/mol. The number of anilines is 1. The molecule has 1 saturated heterocycles. The van der Waals surface area contributed by atoms with Gasteiger partial charge in [-0.05, 0) is 37.1 Å². The molecule has 0 spiro atoms. The topological polar surface area (TPSA) is 100 Å². The molecular formula is C18H16N6O2. The fourth-order valence-electron chi connectivity index (χ4n) is 3.55. The molecule has 1 atom stereocenters. The third kappa shape index (κ3) is 2.73. The van der Waals surface area contributed by atoms with Crippen LogP contribution in [0, 0.1) is 21.4 Å². The maximum atomic E-state index is 11.4. The van der Waals surface area contributed by atoms with Crippen molar-refractivity contribution in [3.05, 3.63) is 64.1 Å². The minimum absolute atomic E-state index is 0.0238. The van der Waals surface area contributed by atoms with Crippen molar-refractivity contribution in [1.82, 2.24) is 14.6 Å². The summed E-state index contributed by atoms with van der Waals surface area (Å²) in [6, 6.07) is 12.3. The number of hydrogen-bond acceptors (Lipinski definition) is 6. The second kappa shape index (κ2) is 6.44. The average Bonchev–Trinajstić information content (AvgIpc) is 3.11. The van der Waals surface area contributed by atoms with E-state index < -0.39 is 4.92 Å². The third-order valence-electron chi connectivity index (χ3n) is 4.77. The van der Waals surface area contributed by atoms with Gasteiger partial charge in [-0.1, -0.05) is 6.07 Å². The molecule has 26 heavy (non-hydrogen) atoms. The van der Waals surface area contributed by atoms with E-state index in [-0.39, 0.29) is 11.6 Å². The second-order valence-electron chi connectivity index (χ2n) is 6.34. The van der Waals surface area contributed by atoms with Gasteiger partial charge in [0.2, 0.25) is 0 Å². The first-order valence-corrected chi connectivity index (χ1v) is 8.40. The first kappa shape index (κ1) is 16.0. The number of aromatic nitrogens is 3. The molecule has 8 nitrogen and oxygen atoms in total. The van der Waals surface area contributed by atoms with E-state index in [0.29, 0.717) is 24.3 Å². The average molecular weight is 348 g/mol. The summed E-state index contributed by atoms with van der Waals surface area (Å²) in [6.45, 7) is 1.31. The molecule has 0 radical (unpaired) electrons. The van der Waals surface area contributed by atoms with Gasteiger partial charge in [0.15, 0.2) is 5.65 Å². The van der Waals surface area contributed by atoms with E-state index in [1.165, 1.54) is 12.1 Å². The molecule has 0 saturated carbocycles.